The van der Waals surface area contributed by atoms with Gasteiger partial charge in [0.1, 0.15) is 6.54 Å². The average molecular weight is 387 g/mol. The van der Waals surface area contributed by atoms with Crippen LogP contribution in [-0.2, 0) is 14.8 Å². The van der Waals surface area contributed by atoms with Crippen LogP contribution in [0, 0.1) is 6.92 Å². The normalized spacial score (nSPS) is 14.6. The molecule has 0 aliphatic carbocycles. The van der Waals surface area contributed by atoms with Gasteiger partial charge in [-0.1, -0.05) is 41.9 Å². The van der Waals surface area contributed by atoms with Crippen LogP contribution in [-0.4, -0.2) is 20.9 Å². The van der Waals surface area contributed by atoms with Crippen molar-refractivity contribution >= 4 is 49.7 Å². The molecule has 132 valence electrons. The van der Waals surface area contributed by atoms with E-state index in [4.69, 9.17) is 11.6 Å². The number of hydrogen-bond acceptors (Lipinski definition) is 3. The van der Waals surface area contributed by atoms with E-state index in [1.165, 1.54) is 0 Å². The second kappa shape index (κ2) is 6.00. The van der Waals surface area contributed by atoms with Crippen LogP contribution in [0.1, 0.15) is 5.56 Å². The van der Waals surface area contributed by atoms with Gasteiger partial charge in [0, 0.05) is 16.1 Å². The van der Waals surface area contributed by atoms with Crippen LogP contribution in [0.25, 0.3) is 10.8 Å². The maximum Gasteiger partial charge on any atom is 0.265 e. The summed E-state index contributed by atoms with van der Waals surface area (Å²) >= 11 is 6.07. The zero-order valence-electron chi connectivity index (χ0n) is 13.9. The fourth-order valence-electron chi connectivity index (χ4n) is 3.13. The number of rotatable bonds is 3. The van der Waals surface area contributed by atoms with Gasteiger partial charge in [-0.15, -0.1) is 0 Å². The number of amides is 1. The molecule has 3 aromatic rings. The lowest BCUT2D eigenvalue weighted by Gasteiger charge is -2.18. The van der Waals surface area contributed by atoms with Crippen LogP contribution in [0.5, 0.6) is 0 Å². The number of halogens is 1. The molecular formula is C19H15ClN2O3S. The largest absolute Gasteiger partial charge is 0.324 e. The minimum atomic E-state index is -3.75. The van der Waals surface area contributed by atoms with E-state index in [1.807, 2.05) is 19.1 Å². The highest BCUT2D eigenvalue weighted by molar-refractivity contribution is 7.93. The van der Waals surface area contributed by atoms with Crippen molar-refractivity contribution in [2.45, 2.75) is 11.8 Å². The number of carbonyl (C=O) groups is 1. The monoisotopic (exact) mass is 386 g/mol. The van der Waals surface area contributed by atoms with Crippen molar-refractivity contribution in [1.82, 2.24) is 0 Å². The summed E-state index contributed by atoms with van der Waals surface area (Å²) < 4.78 is 26.9. The SMILES string of the molecule is Cc1ccc(NC(=O)CN2c3cccc4cccc(c34)S2(=O)=O)cc1Cl. The Morgan fingerprint density at radius 2 is 1.85 bits per heavy atom. The van der Waals surface area contributed by atoms with Crippen LogP contribution in [0.2, 0.25) is 5.02 Å². The van der Waals surface area contributed by atoms with Gasteiger partial charge in [0.25, 0.3) is 10.0 Å². The first-order valence-corrected chi connectivity index (χ1v) is 9.80. The molecular weight excluding hydrogens is 372 g/mol. The predicted molar refractivity (Wildman–Crippen MR) is 103 cm³/mol. The molecule has 5 nitrogen and oxygen atoms in total. The number of hydrogen-bond donors (Lipinski definition) is 1. The van der Waals surface area contributed by atoms with Crippen LogP contribution in [0.4, 0.5) is 11.4 Å². The van der Waals surface area contributed by atoms with Crippen LogP contribution < -0.4 is 9.62 Å². The van der Waals surface area contributed by atoms with Gasteiger partial charge in [0.15, 0.2) is 0 Å². The summed E-state index contributed by atoms with van der Waals surface area (Å²) in [6.07, 6.45) is 0. The van der Waals surface area contributed by atoms with Crippen molar-refractivity contribution in [3.63, 3.8) is 0 Å². The molecule has 0 saturated heterocycles. The first-order valence-electron chi connectivity index (χ1n) is 7.98. The molecule has 0 radical (unpaired) electrons. The maximum atomic E-state index is 12.9. The third-order valence-electron chi connectivity index (χ3n) is 4.42. The molecule has 4 rings (SSSR count). The van der Waals surface area contributed by atoms with Crippen molar-refractivity contribution in [1.29, 1.82) is 0 Å². The zero-order valence-corrected chi connectivity index (χ0v) is 15.4. The Labute approximate surface area is 156 Å². The van der Waals surface area contributed by atoms with Gasteiger partial charge in [-0.2, -0.15) is 0 Å². The average Bonchev–Trinajstić information content (AvgIpc) is 2.82. The fraction of sp³-hybridized carbons (Fsp3) is 0.105. The highest BCUT2D eigenvalue weighted by atomic mass is 35.5. The Kier molecular flexibility index (Phi) is 3.89. The highest BCUT2D eigenvalue weighted by Gasteiger charge is 2.36. The van der Waals surface area contributed by atoms with Crippen molar-refractivity contribution in [3.05, 3.63) is 65.2 Å². The molecule has 1 amide bonds. The molecule has 26 heavy (non-hydrogen) atoms. The number of aryl methyl sites for hydroxylation is 1. The van der Waals surface area contributed by atoms with Crippen molar-refractivity contribution in [2.24, 2.45) is 0 Å². The second-order valence-corrected chi connectivity index (χ2v) is 8.39. The van der Waals surface area contributed by atoms with Crippen LogP contribution >= 0.6 is 11.6 Å². The first kappa shape index (κ1) is 16.9. The zero-order chi connectivity index (χ0) is 18.5. The van der Waals surface area contributed by atoms with E-state index in [0.717, 1.165) is 15.3 Å². The molecule has 3 aromatic carbocycles. The molecule has 0 aromatic heterocycles. The summed E-state index contributed by atoms with van der Waals surface area (Å²) in [6.45, 7) is 1.56. The Bertz CT molecular complexity index is 1150. The lowest BCUT2D eigenvalue weighted by atomic mass is 10.1. The van der Waals surface area contributed by atoms with E-state index in [9.17, 15) is 13.2 Å². The van der Waals surface area contributed by atoms with Crippen LogP contribution in [0.15, 0.2) is 59.5 Å². The molecule has 1 aliphatic heterocycles. The van der Waals surface area contributed by atoms with Gasteiger partial charge < -0.3 is 5.32 Å². The van der Waals surface area contributed by atoms with Gasteiger partial charge in [-0.05, 0) is 42.1 Å². The predicted octanol–water partition coefficient (Wildman–Crippen LogP) is 3.95. The standard InChI is InChI=1S/C19H15ClN2O3S/c1-12-8-9-14(10-15(12)20)21-18(23)11-22-16-6-2-4-13-5-3-7-17(19(13)16)26(22,24)25/h2-10H,11H2,1H3,(H,21,23). The quantitative estimate of drug-likeness (QED) is 0.741. The third kappa shape index (κ3) is 2.62. The second-order valence-electron chi connectivity index (χ2n) is 6.16. The van der Waals surface area contributed by atoms with Crippen molar-refractivity contribution in [3.8, 4) is 0 Å². The lowest BCUT2D eigenvalue weighted by molar-refractivity contribution is -0.114. The lowest BCUT2D eigenvalue weighted by Crippen LogP contribution is -2.35. The van der Waals surface area contributed by atoms with Gasteiger partial charge in [0.05, 0.1) is 10.6 Å². The first-order chi connectivity index (χ1) is 12.4. The van der Waals surface area contributed by atoms with Crippen LogP contribution in [0.3, 0.4) is 0 Å². The number of sulfonamides is 1. The number of benzene rings is 3. The molecule has 0 spiro atoms. The number of carbonyl (C=O) groups excluding carboxylic acids is 1. The van der Waals surface area contributed by atoms with E-state index in [0.29, 0.717) is 21.8 Å². The highest BCUT2D eigenvalue weighted by Crippen LogP contribution is 2.41. The van der Waals surface area contributed by atoms with Gasteiger partial charge in [0.2, 0.25) is 5.91 Å². The molecule has 0 fully saturated rings. The smallest absolute Gasteiger partial charge is 0.265 e. The topological polar surface area (TPSA) is 66.5 Å². The Morgan fingerprint density at radius 1 is 1.12 bits per heavy atom. The van der Waals surface area contributed by atoms with E-state index in [-0.39, 0.29) is 11.4 Å². The summed E-state index contributed by atoms with van der Waals surface area (Å²) in [5.74, 6) is -0.432. The molecule has 1 N–H and O–H groups in total. The molecule has 0 unspecified atom stereocenters. The third-order valence-corrected chi connectivity index (χ3v) is 6.63. The molecule has 1 aliphatic rings. The Hall–Kier alpha value is -2.57. The summed E-state index contributed by atoms with van der Waals surface area (Å²) in [6, 6.07) is 15.7. The van der Waals surface area contributed by atoms with Gasteiger partial charge >= 0.3 is 0 Å². The summed E-state index contributed by atoms with van der Waals surface area (Å²) in [7, 11) is -3.75. The van der Waals surface area contributed by atoms with E-state index in [1.54, 1.807) is 42.5 Å². The van der Waals surface area contributed by atoms with E-state index < -0.39 is 15.9 Å². The minimum absolute atomic E-state index is 0.233. The van der Waals surface area contributed by atoms with Gasteiger partial charge in [-0.25, -0.2) is 8.42 Å². The van der Waals surface area contributed by atoms with E-state index >= 15 is 0 Å². The fourth-order valence-corrected chi connectivity index (χ4v) is 4.98. The molecule has 0 atom stereocenters. The van der Waals surface area contributed by atoms with Gasteiger partial charge in [-0.3, -0.25) is 9.10 Å². The molecule has 1 heterocycles. The summed E-state index contributed by atoms with van der Waals surface area (Å²) in [4.78, 5) is 12.7. The Morgan fingerprint density at radius 3 is 2.58 bits per heavy atom. The number of anilines is 2. The maximum absolute atomic E-state index is 12.9. The van der Waals surface area contributed by atoms with Crippen molar-refractivity contribution < 1.29 is 13.2 Å². The molecule has 0 bridgehead atoms. The molecule has 0 saturated carbocycles. The summed E-state index contributed by atoms with van der Waals surface area (Å²) in [5, 5.41) is 4.72. The van der Waals surface area contributed by atoms with Crippen molar-refractivity contribution in [2.75, 3.05) is 16.2 Å². The number of nitrogens with zero attached hydrogens (tertiary/aromatic N) is 1. The Balaban J connectivity index is 1.65. The minimum Gasteiger partial charge on any atom is -0.324 e. The summed E-state index contributed by atoms with van der Waals surface area (Å²) in [5.41, 5.74) is 1.95. The number of nitrogens with one attached hydrogen (secondary N) is 1. The van der Waals surface area contributed by atoms with E-state index in [2.05, 4.69) is 5.32 Å². The molecule has 7 heteroatoms.